The van der Waals surface area contributed by atoms with Gasteiger partial charge in [-0.3, -0.25) is 0 Å². The van der Waals surface area contributed by atoms with Crippen molar-refractivity contribution in [2.75, 3.05) is 32.8 Å². The highest BCUT2D eigenvalue weighted by atomic mass is 32.1. The number of rotatable bonds is 5. The van der Waals surface area contributed by atoms with Crippen molar-refractivity contribution in [2.45, 2.75) is 12.8 Å². The van der Waals surface area contributed by atoms with Crippen LogP contribution in [0, 0.1) is 11.8 Å². The first kappa shape index (κ1) is 17.2. The zero-order valence-electron chi connectivity index (χ0n) is 14.6. The monoisotopic (exact) mass is 363 g/mol. The van der Waals surface area contributed by atoms with E-state index in [4.69, 9.17) is 4.74 Å². The molecule has 4 rings (SSSR count). The van der Waals surface area contributed by atoms with Gasteiger partial charge in [-0.2, -0.15) is 0 Å². The standard InChI is InChI=1S/C21H21N3OS/c1-2-7-17(8-3-1)18-15-26-21-20(18)19(22-16-23-21)9-6-13-25-14-12-24-10-4-5-11-24/h1-3,7-8,15-16H,4-5,10-14H2. The van der Waals surface area contributed by atoms with Crippen molar-refractivity contribution < 1.29 is 4.74 Å². The van der Waals surface area contributed by atoms with Gasteiger partial charge in [0.15, 0.2) is 0 Å². The second-order valence-corrected chi connectivity index (χ2v) is 7.18. The van der Waals surface area contributed by atoms with Crippen molar-refractivity contribution in [3.63, 3.8) is 0 Å². The fourth-order valence-corrected chi connectivity index (χ4v) is 4.16. The van der Waals surface area contributed by atoms with E-state index in [-0.39, 0.29) is 0 Å². The minimum atomic E-state index is 0.435. The molecular formula is C21H21N3OS. The second kappa shape index (κ2) is 8.41. The Bertz CT molecular complexity index is 921. The van der Waals surface area contributed by atoms with E-state index in [0.717, 1.165) is 34.6 Å². The van der Waals surface area contributed by atoms with Gasteiger partial charge in [-0.25, -0.2) is 9.97 Å². The van der Waals surface area contributed by atoms with Crippen LogP contribution in [0.25, 0.3) is 21.3 Å². The second-order valence-electron chi connectivity index (χ2n) is 6.32. The molecule has 0 N–H and O–H groups in total. The van der Waals surface area contributed by atoms with Crippen LogP contribution in [0.2, 0.25) is 0 Å². The molecule has 0 amide bonds. The van der Waals surface area contributed by atoms with E-state index in [1.807, 2.05) is 18.2 Å². The topological polar surface area (TPSA) is 38.3 Å². The third kappa shape index (κ3) is 3.94. The molecule has 1 fully saturated rings. The fraction of sp³-hybridized carbons (Fsp3) is 0.333. The first-order valence-electron chi connectivity index (χ1n) is 8.98. The first-order valence-corrected chi connectivity index (χ1v) is 9.86. The lowest BCUT2D eigenvalue weighted by Crippen LogP contribution is -2.24. The molecule has 0 radical (unpaired) electrons. The summed E-state index contributed by atoms with van der Waals surface area (Å²) < 4.78 is 5.67. The molecule has 132 valence electrons. The minimum absolute atomic E-state index is 0.435. The predicted molar refractivity (Wildman–Crippen MR) is 106 cm³/mol. The molecule has 5 heteroatoms. The third-order valence-electron chi connectivity index (χ3n) is 4.59. The Kier molecular flexibility index (Phi) is 5.56. The van der Waals surface area contributed by atoms with E-state index in [0.29, 0.717) is 6.61 Å². The molecule has 26 heavy (non-hydrogen) atoms. The molecule has 0 spiro atoms. The predicted octanol–water partition coefficient (Wildman–Crippen LogP) is 3.82. The lowest BCUT2D eigenvalue weighted by atomic mass is 10.1. The van der Waals surface area contributed by atoms with E-state index in [1.165, 1.54) is 31.5 Å². The molecule has 1 aromatic carbocycles. The average molecular weight is 363 g/mol. The van der Waals surface area contributed by atoms with E-state index >= 15 is 0 Å². The molecule has 0 atom stereocenters. The number of benzene rings is 1. The van der Waals surface area contributed by atoms with E-state index in [9.17, 15) is 0 Å². The van der Waals surface area contributed by atoms with Crippen molar-refractivity contribution in [3.8, 4) is 23.0 Å². The molecule has 1 aliphatic rings. The van der Waals surface area contributed by atoms with E-state index in [1.54, 1.807) is 17.7 Å². The van der Waals surface area contributed by atoms with Gasteiger partial charge in [-0.05, 0) is 37.4 Å². The molecule has 0 aliphatic carbocycles. The molecule has 1 saturated heterocycles. The molecule has 4 nitrogen and oxygen atoms in total. The quantitative estimate of drug-likeness (QED) is 0.510. The van der Waals surface area contributed by atoms with Crippen molar-refractivity contribution in [3.05, 3.63) is 47.7 Å². The van der Waals surface area contributed by atoms with Gasteiger partial charge in [0, 0.05) is 17.5 Å². The number of ether oxygens (including phenoxy) is 1. The van der Waals surface area contributed by atoms with Crippen LogP contribution in [0.5, 0.6) is 0 Å². The summed E-state index contributed by atoms with van der Waals surface area (Å²) >= 11 is 1.63. The van der Waals surface area contributed by atoms with Crippen LogP contribution in [0.3, 0.4) is 0 Å². The molecule has 1 aliphatic heterocycles. The van der Waals surface area contributed by atoms with E-state index < -0.39 is 0 Å². The summed E-state index contributed by atoms with van der Waals surface area (Å²) in [5, 5.41) is 3.17. The van der Waals surface area contributed by atoms with Crippen LogP contribution in [0.4, 0.5) is 0 Å². The maximum Gasteiger partial charge on any atom is 0.128 e. The summed E-state index contributed by atoms with van der Waals surface area (Å²) in [6.07, 6.45) is 4.22. The van der Waals surface area contributed by atoms with Crippen molar-refractivity contribution in [1.29, 1.82) is 0 Å². The normalized spacial score (nSPS) is 14.5. The lowest BCUT2D eigenvalue weighted by Gasteiger charge is -2.13. The zero-order chi connectivity index (χ0) is 17.6. The number of fused-ring (bicyclic) bond motifs is 1. The number of thiophene rings is 1. The number of hydrogen-bond acceptors (Lipinski definition) is 5. The molecule has 2 aromatic heterocycles. The maximum absolute atomic E-state index is 5.67. The van der Waals surface area contributed by atoms with Crippen LogP contribution >= 0.6 is 11.3 Å². The Balaban J connectivity index is 1.46. The highest BCUT2D eigenvalue weighted by molar-refractivity contribution is 7.17. The first-order chi connectivity index (χ1) is 12.9. The summed E-state index contributed by atoms with van der Waals surface area (Å²) in [7, 11) is 0. The minimum Gasteiger partial charge on any atom is -0.367 e. The zero-order valence-corrected chi connectivity index (χ0v) is 15.5. The highest BCUT2D eigenvalue weighted by Crippen LogP contribution is 2.33. The van der Waals surface area contributed by atoms with Crippen LogP contribution in [0.1, 0.15) is 18.5 Å². The van der Waals surface area contributed by atoms with Gasteiger partial charge >= 0.3 is 0 Å². The number of nitrogens with zero attached hydrogens (tertiary/aromatic N) is 3. The van der Waals surface area contributed by atoms with Gasteiger partial charge in [0.2, 0.25) is 0 Å². The Labute approximate surface area is 157 Å². The van der Waals surface area contributed by atoms with Crippen molar-refractivity contribution >= 4 is 21.6 Å². The van der Waals surface area contributed by atoms with Gasteiger partial charge in [0.05, 0.1) is 12.0 Å². The molecule has 3 aromatic rings. The Hall–Kier alpha value is -2.26. The maximum atomic E-state index is 5.67. The highest BCUT2D eigenvalue weighted by Gasteiger charge is 2.12. The summed E-state index contributed by atoms with van der Waals surface area (Å²) in [5.41, 5.74) is 3.09. The Morgan fingerprint density at radius 1 is 1.12 bits per heavy atom. The molecule has 0 bridgehead atoms. The summed E-state index contributed by atoms with van der Waals surface area (Å²) in [6.45, 7) is 4.58. The lowest BCUT2D eigenvalue weighted by molar-refractivity contribution is 0.137. The Morgan fingerprint density at radius 2 is 1.96 bits per heavy atom. The van der Waals surface area contributed by atoms with Gasteiger partial charge < -0.3 is 9.64 Å². The summed E-state index contributed by atoms with van der Waals surface area (Å²) in [4.78, 5) is 12.2. The van der Waals surface area contributed by atoms with Gasteiger partial charge in [0.1, 0.15) is 23.5 Å². The van der Waals surface area contributed by atoms with Crippen LogP contribution < -0.4 is 0 Å². The fourth-order valence-electron chi connectivity index (χ4n) is 3.24. The molecule has 0 unspecified atom stereocenters. The third-order valence-corrected chi connectivity index (χ3v) is 5.47. The smallest absolute Gasteiger partial charge is 0.128 e. The number of likely N-dealkylation sites (tertiary alicyclic amines) is 1. The number of hydrogen-bond donors (Lipinski definition) is 0. The van der Waals surface area contributed by atoms with Crippen LogP contribution in [0.15, 0.2) is 42.0 Å². The van der Waals surface area contributed by atoms with Crippen LogP contribution in [-0.4, -0.2) is 47.7 Å². The van der Waals surface area contributed by atoms with Crippen molar-refractivity contribution in [1.82, 2.24) is 14.9 Å². The SMILES string of the molecule is C(#Cc1ncnc2scc(-c3ccccc3)c12)COCCN1CCCC1. The largest absolute Gasteiger partial charge is 0.367 e. The Morgan fingerprint density at radius 3 is 2.81 bits per heavy atom. The van der Waals surface area contributed by atoms with Crippen molar-refractivity contribution in [2.24, 2.45) is 0 Å². The van der Waals surface area contributed by atoms with Gasteiger partial charge in [-0.1, -0.05) is 36.3 Å². The molecule has 3 heterocycles. The van der Waals surface area contributed by atoms with Gasteiger partial charge in [-0.15, -0.1) is 11.3 Å². The van der Waals surface area contributed by atoms with Gasteiger partial charge in [0.25, 0.3) is 0 Å². The summed E-state index contributed by atoms with van der Waals surface area (Å²) in [6, 6.07) is 10.3. The van der Waals surface area contributed by atoms with Crippen LogP contribution in [-0.2, 0) is 4.74 Å². The number of aromatic nitrogens is 2. The molecular weight excluding hydrogens is 342 g/mol. The summed E-state index contributed by atoms with van der Waals surface area (Å²) in [5.74, 6) is 6.29. The molecule has 0 saturated carbocycles. The average Bonchev–Trinajstić information content (AvgIpc) is 3.35. The van der Waals surface area contributed by atoms with E-state index in [2.05, 4.69) is 44.2 Å².